The van der Waals surface area contributed by atoms with E-state index in [4.69, 9.17) is 0 Å². The minimum absolute atomic E-state index is 0.379. The summed E-state index contributed by atoms with van der Waals surface area (Å²) in [4.78, 5) is 31.3. The Hall–Kier alpha value is -5.51. The van der Waals surface area contributed by atoms with E-state index in [-0.39, 0.29) is 5.82 Å². The van der Waals surface area contributed by atoms with Crippen LogP contribution < -0.4 is 0 Å². The van der Waals surface area contributed by atoms with Crippen LogP contribution in [0.4, 0.5) is 8.78 Å². The summed E-state index contributed by atoms with van der Waals surface area (Å²) in [6.45, 7) is 1.78. The molecular weight excluding hydrogens is 538 g/mol. The zero-order valence-corrected chi connectivity index (χ0v) is 22.3. The second-order valence-electron chi connectivity index (χ2n) is 9.67. The number of hydrogen-bond acceptors (Lipinski definition) is 5. The third-order valence-electron chi connectivity index (χ3n) is 7.09. The van der Waals surface area contributed by atoms with Crippen LogP contribution >= 0.6 is 0 Å². The number of aromatic nitrogens is 6. The number of nitrogens with zero attached hydrogens (tertiary/aromatic N) is 6. The smallest absolute Gasteiger partial charge is 0.328 e. The molecule has 0 aliphatic heterocycles. The van der Waals surface area contributed by atoms with Crippen LogP contribution in [0.3, 0.4) is 0 Å². The van der Waals surface area contributed by atoms with E-state index >= 15 is 0 Å². The first-order valence-corrected chi connectivity index (χ1v) is 13.1. The normalized spacial score (nSPS) is 12.6. The molecule has 8 nitrogen and oxygen atoms in total. The number of aliphatic carboxylic acids is 1. The molecule has 0 saturated heterocycles. The number of benzene rings is 2. The first-order valence-electron chi connectivity index (χ1n) is 13.1. The molecule has 6 aromatic rings. The Morgan fingerprint density at radius 3 is 1.55 bits per heavy atom. The number of carboxylic acids is 1. The molecule has 0 spiro atoms. The lowest BCUT2D eigenvalue weighted by Crippen LogP contribution is -2.28. The van der Waals surface area contributed by atoms with Crippen LogP contribution in [0.25, 0.3) is 45.3 Å². The quantitative estimate of drug-likeness (QED) is 0.222. The van der Waals surface area contributed by atoms with E-state index in [0.717, 1.165) is 0 Å². The Balaban J connectivity index is 1.53. The van der Waals surface area contributed by atoms with Gasteiger partial charge in [-0.05, 0) is 79.7 Å². The van der Waals surface area contributed by atoms with Crippen molar-refractivity contribution < 1.29 is 18.7 Å². The second kappa shape index (κ2) is 11.2. The Kier molecular flexibility index (Phi) is 7.10. The van der Waals surface area contributed by atoms with Gasteiger partial charge >= 0.3 is 5.97 Å². The van der Waals surface area contributed by atoms with Gasteiger partial charge in [0.2, 0.25) is 0 Å². The molecule has 208 valence electrons. The van der Waals surface area contributed by atoms with Crippen LogP contribution in [0.15, 0.2) is 110 Å². The van der Waals surface area contributed by atoms with Crippen molar-refractivity contribution in [1.29, 1.82) is 0 Å². The minimum atomic E-state index is -1.17. The van der Waals surface area contributed by atoms with Gasteiger partial charge in [0.05, 0.1) is 52.9 Å². The van der Waals surface area contributed by atoms with Crippen LogP contribution in [-0.2, 0) is 4.79 Å². The van der Waals surface area contributed by atoms with Gasteiger partial charge in [0.1, 0.15) is 11.6 Å². The third-order valence-corrected chi connectivity index (χ3v) is 7.09. The standard InChI is InChI=1S/C32H24F2N6O2/c1-20(39-18-37-27(21-8-12-23(33)13-9-21)30(39)25-6-2-4-16-35-25)29(32(41)42)40-19-38-28(22-10-14-24(34)15-11-22)31(40)26-7-3-5-17-36-26/h2-20,29H,1H3,(H,41,42). The van der Waals surface area contributed by atoms with E-state index in [1.807, 2.05) is 12.1 Å². The molecule has 0 bridgehead atoms. The summed E-state index contributed by atoms with van der Waals surface area (Å²) in [7, 11) is 0. The van der Waals surface area contributed by atoms with E-state index in [2.05, 4.69) is 19.9 Å². The summed E-state index contributed by atoms with van der Waals surface area (Å²) in [5.41, 5.74) is 4.41. The van der Waals surface area contributed by atoms with Gasteiger partial charge in [-0.25, -0.2) is 23.5 Å². The van der Waals surface area contributed by atoms with E-state index in [0.29, 0.717) is 45.3 Å². The lowest BCUT2D eigenvalue weighted by molar-refractivity contribution is -0.142. The Morgan fingerprint density at radius 1 is 0.667 bits per heavy atom. The molecule has 10 heteroatoms. The highest BCUT2D eigenvalue weighted by molar-refractivity contribution is 5.81. The summed E-state index contributed by atoms with van der Waals surface area (Å²) < 4.78 is 30.8. The van der Waals surface area contributed by atoms with E-state index in [1.165, 1.54) is 30.6 Å². The number of carboxylic acid groups (broad SMARTS) is 1. The van der Waals surface area contributed by atoms with Crippen LogP contribution in [0.5, 0.6) is 0 Å². The molecule has 42 heavy (non-hydrogen) atoms. The van der Waals surface area contributed by atoms with Gasteiger partial charge in [-0.1, -0.05) is 12.1 Å². The highest BCUT2D eigenvalue weighted by Gasteiger charge is 2.34. The SMILES string of the molecule is CC(C(C(=O)O)n1cnc(-c2ccc(F)cc2)c1-c1ccccn1)n1cnc(-c2ccc(F)cc2)c1-c1ccccn1. The molecule has 1 N–H and O–H groups in total. The van der Waals surface area contributed by atoms with Gasteiger partial charge < -0.3 is 14.2 Å². The molecule has 2 unspecified atom stereocenters. The predicted octanol–water partition coefficient (Wildman–Crippen LogP) is 6.70. The highest BCUT2D eigenvalue weighted by Crippen LogP contribution is 2.39. The van der Waals surface area contributed by atoms with Gasteiger partial charge in [-0.3, -0.25) is 9.97 Å². The molecule has 6 rings (SSSR count). The maximum absolute atomic E-state index is 13.7. The van der Waals surface area contributed by atoms with Crippen molar-refractivity contribution in [1.82, 2.24) is 29.1 Å². The van der Waals surface area contributed by atoms with Gasteiger partial charge in [-0.2, -0.15) is 0 Å². The molecule has 2 aromatic carbocycles. The van der Waals surface area contributed by atoms with Crippen molar-refractivity contribution in [3.8, 4) is 45.3 Å². The van der Waals surface area contributed by atoms with Crippen LogP contribution in [-0.4, -0.2) is 40.1 Å². The zero-order valence-electron chi connectivity index (χ0n) is 22.3. The largest absolute Gasteiger partial charge is 0.480 e. The van der Waals surface area contributed by atoms with Gasteiger partial charge in [0.25, 0.3) is 0 Å². The summed E-state index contributed by atoms with van der Waals surface area (Å²) in [6, 6.07) is 20.7. The van der Waals surface area contributed by atoms with Gasteiger partial charge in [0.15, 0.2) is 6.04 Å². The molecule has 0 fully saturated rings. The van der Waals surface area contributed by atoms with Crippen molar-refractivity contribution >= 4 is 5.97 Å². The van der Waals surface area contributed by atoms with Crippen LogP contribution in [0.2, 0.25) is 0 Å². The summed E-state index contributed by atoms with van der Waals surface area (Å²) in [5.74, 6) is -1.88. The topological polar surface area (TPSA) is 98.7 Å². The van der Waals surface area contributed by atoms with E-state index in [1.54, 1.807) is 83.3 Å². The fourth-order valence-electron chi connectivity index (χ4n) is 5.10. The summed E-state index contributed by atoms with van der Waals surface area (Å²) >= 11 is 0. The van der Waals surface area contributed by atoms with E-state index < -0.39 is 23.9 Å². The van der Waals surface area contributed by atoms with Crippen molar-refractivity contribution in [3.63, 3.8) is 0 Å². The monoisotopic (exact) mass is 562 g/mol. The summed E-state index contributed by atoms with van der Waals surface area (Å²) in [6.07, 6.45) is 6.30. The molecule has 4 heterocycles. The lowest BCUT2D eigenvalue weighted by atomic mass is 10.0. The fraction of sp³-hybridized carbons (Fsp3) is 0.0938. The average molecular weight is 563 g/mol. The Morgan fingerprint density at radius 2 is 1.12 bits per heavy atom. The Labute approximate surface area is 239 Å². The molecule has 2 atom stereocenters. The number of pyridine rings is 2. The Bertz CT molecular complexity index is 1840. The number of rotatable bonds is 8. The zero-order chi connectivity index (χ0) is 29.2. The van der Waals surface area contributed by atoms with Gasteiger partial charge in [0, 0.05) is 23.5 Å². The molecular formula is C32H24F2N6O2. The number of imidazole rings is 2. The van der Waals surface area contributed by atoms with Crippen LogP contribution in [0.1, 0.15) is 19.0 Å². The molecule has 4 aromatic heterocycles. The second-order valence-corrected chi connectivity index (χ2v) is 9.67. The molecule has 0 saturated carbocycles. The molecule has 0 amide bonds. The first kappa shape index (κ1) is 26.7. The van der Waals surface area contributed by atoms with Crippen molar-refractivity contribution in [2.24, 2.45) is 0 Å². The van der Waals surface area contributed by atoms with Crippen molar-refractivity contribution in [2.75, 3.05) is 0 Å². The maximum atomic E-state index is 13.7. The van der Waals surface area contributed by atoms with Crippen molar-refractivity contribution in [3.05, 3.63) is 122 Å². The number of halogens is 2. The number of carbonyl (C=O) groups is 1. The van der Waals surface area contributed by atoms with Crippen LogP contribution in [0, 0.1) is 11.6 Å². The molecule has 0 radical (unpaired) electrons. The number of hydrogen-bond donors (Lipinski definition) is 1. The average Bonchev–Trinajstić information content (AvgIpc) is 3.64. The summed E-state index contributed by atoms with van der Waals surface area (Å²) in [5, 5.41) is 10.7. The third kappa shape index (κ3) is 4.94. The van der Waals surface area contributed by atoms with Gasteiger partial charge in [-0.15, -0.1) is 0 Å². The fourth-order valence-corrected chi connectivity index (χ4v) is 5.10. The maximum Gasteiger partial charge on any atom is 0.328 e. The van der Waals surface area contributed by atoms with Crippen molar-refractivity contribution in [2.45, 2.75) is 19.0 Å². The first-order chi connectivity index (χ1) is 20.4. The lowest BCUT2D eigenvalue weighted by Gasteiger charge is -2.26. The molecule has 0 aliphatic rings. The highest BCUT2D eigenvalue weighted by atomic mass is 19.1. The predicted molar refractivity (Wildman–Crippen MR) is 153 cm³/mol. The minimum Gasteiger partial charge on any atom is -0.480 e. The van der Waals surface area contributed by atoms with E-state index in [9.17, 15) is 18.7 Å². The molecule has 0 aliphatic carbocycles.